The van der Waals surface area contributed by atoms with Crippen LogP contribution in [-0.4, -0.2) is 28.7 Å². The normalized spacial score (nSPS) is 12.3. The van der Waals surface area contributed by atoms with E-state index in [0.29, 0.717) is 0 Å². The third-order valence-electron chi connectivity index (χ3n) is 2.69. The molecule has 1 heterocycles. The summed E-state index contributed by atoms with van der Waals surface area (Å²) in [5, 5.41) is 7.55. The molecule has 0 amide bonds. The van der Waals surface area contributed by atoms with Crippen molar-refractivity contribution < 1.29 is 4.79 Å². The van der Waals surface area contributed by atoms with E-state index in [4.69, 9.17) is 0 Å². The summed E-state index contributed by atoms with van der Waals surface area (Å²) in [7, 11) is 0. The highest BCUT2D eigenvalue weighted by atomic mass is 16.1. The van der Waals surface area contributed by atoms with Crippen LogP contribution in [0.2, 0.25) is 0 Å². The van der Waals surface area contributed by atoms with E-state index in [9.17, 15) is 4.79 Å². The molecule has 1 radical (unpaired) electrons. The molecule has 0 saturated heterocycles. The molecule has 0 spiro atoms. The van der Waals surface area contributed by atoms with Crippen molar-refractivity contribution in [2.24, 2.45) is 0 Å². The Morgan fingerprint density at radius 3 is 2.83 bits per heavy atom. The van der Waals surface area contributed by atoms with E-state index >= 15 is 0 Å². The quantitative estimate of drug-likeness (QED) is 0.837. The Balaban J connectivity index is 2.00. The summed E-state index contributed by atoms with van der Waals surface area (Å²) < 4.78 is 1.88. The first-order chi connectivity index (χ1) is 8.79. The van der Waals surface area contributed by atoms with Gasteiger partial charge in [-0.2, -0.15) is 5.10 Å². The highest BCUT2D eigenvalue weighted by molar-refractivity contribution is 5.58. The first-order valence-corrected chi connectivity index (χ1v) is 5.97. The molecular weight excluding hydrogens is 226 g/mol. The average Bonchev–Trinajstić information content (AvgIpc) is 2.86. The zero-order valence-electron chi connectivity index (χ0n) is 10.3. The van der Waals surface area contributed by atoms with Crippen molar-refractivity contribution in [3.63, 3.8) is 0 Å². The summed E-state index contributed by atoms with van der Waals surface area (Å²) in [6, 6.07) is 12.2. The van der Waals surface area contributed by atoms with Crippen molar-refractivity contribution in [1.29, 1.82) is 0 Å². The van der Waals surface area contributed by atoms with Gasteiger partial charge in [0.15, 0.2) is 0 Å². The molecule has 0 aliphatic carbocycles. The number of nitrogens with zero attached hydrogens (tertiary/aromatic N) is 2. The fourth-order valence-corrected chi connectivity index (χ4v) is 1.79. The number of hydrogen-bond acceptors (Lipinski definition) is 3. The van der Waals surface area contributed by atoms with Crippen molar-refractivity contribution in [2.75, 3.05) is 6.54 Å². The topological polar surface area (TPSA) is 46.9 Å². The van der Waals surface area contributed by atoms with Gasteiger partial charge in [-0.05, 0) is 13.0 Å². The summed E-state index contributed by atoms with van der Waals surface area (Å²) in [4.78, 5) is 10.1. The van der Waals surface area contributed by atoms with Crippen molar-refractivity contribution in [1.82, 2.24) is 15.1 Å². The van der Waals surface area contributed by atoms with E-state index in [1.165, 1.54) is 0 Å². The van der Waals surface area contributed by atoms with E-state index < -0.39 is 0 Å². The van der Waals surface area contributed by atoms with E-state index in [1.54, 1.807) is 0 Å². The Morgan fingerprint density at radius 1 is 1.33 bits per heavy atom. The molecular formula is C14H16N3O. The Bertz CT molecular complexity index is 493. The number of carbonyl (C=O) groups excluding carboxylic acids is 1. The van der Waals surface area contributed by atoms with Crippen LogP contribution < -0.4 is 5.32 Å². The molecule has 2 rings (SSSR count). The van der Waals surface area contributed by atoms with Crippen LogP contribution >= 0.6 is 0 Å². The maximum atomic E-state index is 10.1. The van der Waals surface area contributed by atoms with E-state index in [-0.39, 0.29) is 12.6 Å². The lowest BCUT2D eigenvalue weighted by molar-refractivity contribution is 0.465. The predicted molar refractivity (Wildman–Crippen MR) is 70.8 cm³/mol. The molecule has 1 atom stereocenters. The van der Waals surface area contributed by atoms with Gasteiger partial charge in [0.05, 0.1) is 18.8 Å². The molecule has 0 saturated carbocycles. The van der Waals surface area contributed by atoms with Gasteiger partial charge in [0.2, 0.25) is 6.29 Å². The SMILES string of the molecule is C[C@@H](Cn1ccc(-c2ccccc2)n1)NC[C]=O. The third kappa shape index (κ3) is 3.28. The Kier molecular flexibility index (Phi) is 4.25. The lowest BCUT2D eigenvalue weighted by Gasteiger charge is -2.11. The summed E-state index contributed by atoms with van der Waals surface area (Å²) >= 11 is 0. The molecule has 0 fully saturated rings. The van der Waals surface area contributed by atoms with Crippen molar-refractivity contribution in [2.45, 2.75) is 19.5 Å². The van der Waals surface area contributed by atoms with Crippen LogP contribution in [0.25, 0.3) is 11.3 Å². The minimum Gasteiger partial charge on any atom is -0.305 e. The average molecular weight is 242 g/mol. The molecule has 2 aromatic rings. The van der Waals surface area contributed by atoms with Gasteiger partial charge in [0.25, 0.3) is 0 Å². The molecule has 0 unspecified atom stereocenters. The summed E-state index contributed by atoms with van der Waals surface area (Å²) in [5.41, 5.74) is 2.07. The Morgan fingerprint density at radius 2 is 2.11 bits per heavy atom. The third-order valence-corrected chi connectivity index (χ3v) is 2.69. The van der Waals surface area contributed by atoms with Crippen LogP contribution in [0.1, 0.15) is 6.92 Å². The molecule has 0 aliphatic heterocycles. The zero-order valence-corrected chi connectivity index (χ0v) is 10.3. The van der Waals surface area contributed by atoms with Gasteiger partial charge in [-0.25, -0.2) is 0 Å². The standard InChI is InChI=1S/C14H16N3O/c1-12(15-8-10-18)11-17-9-7-14(16-17)13-5-3-2-4-6-13/h2-7,9,12,15H,8,11H2,1H3/t12-/m0/s1. The molecule has 93 valence electrons. The van der Waals surface area contributed by atoms with Crippen LogP contribution in [0.3, 0.4) is 0 Å². The number of rotatable bonds is 6. The lowest BCUT2D eigenvalue weighted by Crippen LogP contribution is -2.31. The highest BCUT2D eigenvalue weighted by Gasteiger charge is 2.05. The summed E-state index contributed by atoms with van der Waals surface area (Å²) in [6.07, 6.45) is 3.77. The molecule has 0 bridgehead atoms. The second-order valence-electron chi connectivity index (χ2n) is 4.22. The summed E-state index contributed by atoms with van der Waals surface area (Å²) in [6.45, 7) is 3.00. The first-order valence-electron chi connectivity index (χ1n) is 5.97. The molecule has 18 heavy (non-hydrogen) atoms. The Hall–Kier alpha value is -1.94. The van der Waals surface area contributed by atoms with E-state index in [2.05, 4.69) is 10.4 Å². The van der Waals surface area contributed by atoms with Gasteiger partial charge in [-0.1, -0.05) is 30.3 Å². The maximum absolute atomic E-state index is 10.1. The second kappa shape index (κ2) is 6.12. The molecule has 0 aliphatic rings. The maximum Gasteiger partial charge on any atom is 0.213 e. The van der Waals surface area contributed by atoms with Crippen LogP contribution in [0.4, 0.5) is 0 Å². The smallest absolute Gasteiger partial charge is 0.213 e. The molecule has 4 nitrogen and oxygen atoms in total. The minimum atomic E-state index is 0.190. The van der Waals surface area contributed by atoms with E-state index in [1.807, 2.05) is 60.5 Å². The number of benzene rings is 1. The monoisotopic (exact) mass is 242 g/mol. The van der Waals surface area contributed by atoms with Crippen molar-refractivity contribution in [3.05, 3.63) is 42.6 Å². The Labute approximate surface area is 107 Å². The van der Waals surface area contributed by atoms with Gasteiger partial charge in [0.1, 0.15) is 0 Å². The fraction of sp³-hybridized carbons (Fsp3) is 0.286. The number of hydrogen-bond donors (Lipinski definition) is 1. The van der Waals surface area contributed by atoms with Crippen LogP contribution in [0.5, 0.6) is 0 Å². The fourth-order valence-electron chi connectivity index (χ4n) is 1.79. The second-order valence-corrected chi connectivity index (χ2v) is 4.22. The van der Waals surface area contributed by atoms with Crippen LogP contribution in [0.15, 0.2) is 42.6 Å². The van der Waals surface area contributed by atoms with Gasteiger partial charge in [-0.3, -0.25) is 9.48 Å². The molecule has 1 N–H and O–H groups in total. The van der Waals surface area contributed by atoms with Crippen molar-refractivity contribution >= 4 is 6.29 Å². The highest BCUT2D eigenvalue weighted by Crippen LogP contribution is 2.15. The lowest BCUT2D eigenvalue weighted by atomic mass is 10.2. The zero-order chi connectivity index (χ0) is 12.8. The van der Waals surface area contributed by atoms with Gasteiger partial charge < -0.3 is 5.32 Å². The molecule has 1 aromatic carbocycles. The van der Waals surface area contributed by atoms with Crippen molar-refractivity contribution in [3.8, 4) is 11.3 Å². The molecule has 4 heteroatoms. The largest absolute Gasteiger partial charge is 0.305 e. The number of nitrogens with one attached hydrogen (secondary N) is 1. The van der Waals surface area contributed by atoms with Crippen LogP contribution in [0, 0.1) is 0 Å². The first kappa shape index (κ1) is 12.5. The number of aromatic nitrogens is 2. The van der Waals surface area contributed by atoms with E-state index in [0.717, 1.165) is 17.8 Å². The van der Waals surface area contributed by atoms with Crippen LogP contribution in [-0.2, 0) is 11.3 Å². The minimum absolute atomic E-state index is 0.190. The predicted octanol–water partition coefficient (Wildman–Crippen LogP) is 1.64. The molecule has 1 aromatic heterocycles. The van der Waals surface area contributed by atoms with Gasteiger partial charge >= 0.3 is 0 Å². The summed E-state index contributed by atoms with van der Waals surface area (Å²) in [5.74, 6) is 0. The van der Waals surface area contributed by atoms with Gasteiger partial charge in [0, 0.05) is 17.8 Å². The van der Waals surface area contributed by atoms with Gasteiger partial charge in [-0.15, -0.1) is 0 Å².